The van der Waals surface area contributed by atoms with E-state index in [0.717, 1.165) is 5.69 Å². The first kappa shape index (κ1) is 8.38. The smallest absolute Gasteiger partial charge is 0.115 e. The summed E-state index contributed by atoms with van der Waals surface area (Å²) in [5.74, 6) is 0.304. The molecule has 2 nitrogen and oxygen atoms in total. The highest BCUT2D eigenvalue weighted by molar-refractivity contribution is 14.2. The van der Waals surface area contributed by atoms with Gasteiger partial charge in [0.2, 0.25) is 0 Å². The van der Waals surface area contributed by atoms with Gasteiger partial charge in [-0.15, -0.1) is 0 Å². The number of hydrogen-bond acceptors (Lipinski definition) is 2. The third-order valence-electron chi connectivity index (χ3n) is 1.04. The highest BCUT2D eigenvalue weighted by atomic mass is 127. The molecular weight excluding hydrogens is 356 g/mol. The molecule has 0 atom stereocenters. The second-order valence-electron chi connectivity index (χ2n) is 1.75. The Bertz CT molecular complexity index is 209. The van der Waals surface area contributed by atoms with Gasteiger partial charge in [0.25, 0.3) is 0 Å². The van der Waals surface area contributed by atoms with E-state index in [1.807, 2.05) is 13.5 Å². The van der Waals surface area contributed by atoms with E-state index in [1.165, 1.54) is 0 Å². The van der Waals surface area contributed by atoms with Crippen LogP contribution in [0.2, 0.25) is 0 Å². The van der Waals surface area contributed by atoms with Crippen LogP contribution in [0.3, 0.4) is 0 Å². The Hall–Kier alpha value is 0.280. The molecule has 1 rings (SSSR count). The standard InChI is InChI=1S/C6H5I2NO/c7-9(8)5-1-3-6(10)4-2-5/h1-4,10H. The molecule has 0 aromatic heterocycles. The van der Waals surface area contributed by atoms with Crippen molar-refractivity contribution < 1.29 is 5.11 Å². The largest absolute Gasteiger partial charge is 0.508 e. The van der Waals surface area contributed by atoms with Crippen LogP contribution >= 0.6 is 45.7 Å². The third-order valence-corrected chi connectivity index (χ3v) is 2.16. The molecule has 0 aliphatic rings. The lowest BCUT2D eigenvalue weighted by Crippen LogP contribution is -1.87. The molecule has 10 heavy (non-hydrogen) atoms. The maximum absolute atomic E-state index is 8.92. The molecule has 0 heterocycles. The molecule has 0 bridgehead atoms. The van der Waals surface area contributed by atoms with Crippen LogP contribution in [-0.2, 0) is 0 Å². The summed E-state index contributed by atoms with van der Waals surface area (Å²) in [6.45, 7) is 0. The van der Waals surface area contributed by atoms with Crippen LogP contribution in [0.25, 0.3) is 0 Å². The minimum atomic E-state index is 0.304. The van der Waals surface area contributed by atoms with E-state index in [0.29, 0.717) is 5.75 Å². The zero-order valence-electron chi connectivity index (χ0n) is 4.96. The first-order chi connectivity index (χ1) is 4.70. The van der Waals surface area contributed by atoms with E-state index in [1.54, 1.807) is 12.1 Å². The number of aromatic hydroxyl groups is 1. The van der Waals surface area contributed by atoms with E-state index >= 15 is 0 Å². The minimum absolute atomic E-state index is 0.304. The van der Waals surface area contributed by atoms with Crippen molar-refractivity contribution in [1.29, 1.82) is 0 Å². The van der Waals surface area contributed by atoms with Crippen molar-refractivity contribution in [3.05, 3.63) is 24.3 Å². The quantitative estimate of drug-likeness (QED) is 0.615. The summed E-state index contributed by atoms with van der Waals surface area (Å²) < 4.78 is 1.93. The minimum Gasteiger partial charge on any atom is -0.508 e. The van der Waals surface area contributed by atoms with Gasteiger partial charge in [-0.3, -0.25) is 1.33 Å². The Morgan fingerprint density at radius 2 is 1.60 bits per heavy atom. The molecule has 0 amide bonds. The van der Waals surface area contributed by atoms with Crippen LogP contribution in [0.5, 0.6) is 5.75 Å². The summed E-state index contributed by atoms with van der Waals surface area (Å²) in [5.41, 5.74) is 1.07. The Morgan fingerprint density at radius 3 is 2.00 bits per heavy atom. The lowest BCUT2D eigenvalue weighted by Gasteiger charge is -2.05. The molecule has 54 valence electrons. The summed E-state index contributed by atoms with van der Waals surface area (Å²) in [7, 11) is 0. The molecule has 1 aromatic carbocycles. The Kier molecular flexibility index (Phi) is 3.02. The molecule has 0 spiro atoms. The van der Waals surface area contributed by atoms with Crippen LogP contribution in [0.15, 0.2) is 24.3 Å². The first-order valence-corrected chi connectivity index (χ1v) is 4.54. The molecule has 1 N–H and O–H groups in total. The molecule has 4 heteroatoms. The summed E-state index contributed by atoms with van der Waals surface area (Å²) in [6.07, 6.45) is 0. The fourth-order valence-corrected chi connectivity index (χ4v) is 1.21. The van der Waals surface area contributed by atoms with Gasteiger partial charge in [0, 0.05) is 0 Å². The Balaban J connectivity index is 2.89. The number of hydrogen-bond donors (Lipinski definition) is 1. The maximum atomic E-state index is 8.92. The van der Waals surface area contributed by atoms with Gasteiger partial charge < -0.3 is 5.11 Å². The van der Waals surface area contributed by atoms with Crippen molar-refractivity contribution in [2.24, 2.45) is 0 Å². The highest BCUT2D eigenvalue weighted by Gasteiger charge is 1.95. The Labute approximate surface area is 87.2 Å². The number of phenolic OH excluding ortho intramolecular Hbond substituents is 1. The fourth-order valence-electron chi connectivity index (χ4n) is 0.565. The van der Waals surface area contributed by atoms with Crippen LogP contribution in [-0.4, -0.2) is 5.11 Å². The van der Waals surface area contributed by atoms with Gasteiger partial charge in [0.15, 0.2) is 0 Å². The molecule has 0 aliphatic heterocycles. The van der Waals surface area contributed by atoms with E-state index in [9.17, 15) is 0 Å². The summed E-state index contributed by atoms with van der Waals surface area (Å²) in [4.78, 5) is 0. The number of anilines is 1. The number of benzene rings is 1. The average Bonchev–Trinajstić information content (AvgIpc) is 1.88. The molecule has 0 saturated carbocycles. The van der Waals surface area contributed by atoms with Crippen LogP contribution < -0.4 is 1.33 Å². The SMILES string of the molecule is Oc1ccc(N(I)I)cc1. The predicted octanol–water partition coefficient (Wildman–Crippen LogP) is 2.90. The summed E-state index contributed by atoms with van der Waals surface area (Å²) >= 11 is 4.32. The molecule has 0 saturated heterocycles. The Morgan fingerprint density at radius 1 is 1.10 bits per heavy atom. The van der Waals surface area contributed by atoms with E-state index in [4.69, 9.17) is 5.11 Å². The third kappa shape index (κ3) is 2.15. The van der Waals surface area contributed by atoms with Gasteiger partial charge in [-0.25, -0.2) is 0 Å². The molecule has 0 fully saturated rings. The average molecular weight is 361 g/mol. The second-order valence-corrected chi connectivity index (χ2v) is 5.53. The predicted molar refractivity (Wildman–Crippen MR) is 58.6 cm³/mol. The van der Waals surface area contributed by atoms with Gasteiger partial charge in [-0.05, 0) is 24.3 Å². The van der Waals surface area contributed by atoms with Crippen molar-refractivity contribution in [2.45, 2.75) is 0 Å². The molecule has 0 unspecified atom stereocenters. The highest BCUT2D eigenvalue weighted by Crippen LogP contribution is 2.24. The van der Waals surface area contributed by atoms with Gasteiger partial charge in [0.05, 0.1) is 51.4 Å². The normalized spacial score (nSPS) is 9.40. The lowest BCUT2D eigenvalue weighted by atomic mass is 10.3. The maximum Gasteiger partial charge on any atom is 0.115 e. The van der Waals surface area contributed by atoms with E-state index in [-0.39, 0.29) is 0 Å². The van der Waals surface area contributed by atoms with Crippen LogP contribution in [0, 0.1) is 0 Å². The monoisotopic (exact) mass is 361 g/mol. The number of nitrogens with zero attached hydrogens (tertiary/aromatic N) is 1. The molecular formula is C6H5I2NO. The number of halogens is 2. The van der Waals surface area contributed by atoms with Crippen molar-refractivity contribution >= 4 is 51.4 Å². The zero-order valence-corrected chi connectivity index (χ0v) is 9.27. The van der Waals surface area contributed by atoms with Gasteiger partial charge >= 0.3 is 0 Å². The van der Waals surface area contributed by atoms with Gasteiger partial charge in [-0.2, -0.15) is 0 Å². The lowest BCUT2D eigenvalue weighted by molar-refractivity contribution is 0.475. The molecule has 0 aliphatic carbocycles. The zero-order chi connectivity index (χ0) is 7.56. The van der Waals surface area contributed by atoms with Crippen molar-refractivity contribution in [1.82, 2.24) is 0 Å². The topological polar surface area (TPSA) is 23.5 Å². The second kappa shape index (κ2) is 3.61. The van der Waals surface area contributed by atoms with Crippen LogP contribution in [0.4, 0.5) is 5.69 Å². The number of phenols is 1. The van der Waals surface area contributed by atoms with Crippen LogP contribution in [0.1, 0.15) is 0 Å². The number of rotatable bonds is 1. The molecule has 1 aromatic rings. The van der Waals surface area contributed by atoms with Gasteiger partial charge in [0.1, 0.15) is 5.75 Å². The van der Waals surface area contributed by atoms with Crippen molar-refractivity contribution in [3.63, 3.8) is 0 Å². The summed E-state index contributed by atoms with van der Waals surface area (Å²) in [5, 5.41) is 8.92. The fraction of sp³-hybridized carbons (Fsp3) is 0. The summed E-state index contributed by atoms with van der Waals surface area (Å²) in [6, 6.07) is 7.04. The first-order valence-electron chi connectivity index (χ1n) is 2.61. The van der Waals surface area contributed by atoms with E-state index in [2.05, 4.69) is 45.7 Å². The molecule has 0 radical (unpaired) electrons. The van der Waals surface area contributed by atoms with E-state index < -0.39 is 0 Å². The van der Waals surface area contributed by atoms with Crippen molar-refractivity contribution in [3.8, 4) is 5.75 Å². The van der Waals surface area contributed by atoms with Gasteiger partial charge in [-0.1, -0.05) is 0 Å². The van der Waals surface area contributed by atoms with Crippen molar-refractivity contribution in [2.75, 3.05) is 1.33 Å².